The van der Waals surface area contributed by atoms with Crippen molar-refractivity contribution < 1.29 is 24.1 Å². The van der Waals surface area contributed by atoms with Gasteiger partial charge in [-0.1, -0.05) is 42.5 Å². The number of aliphatic carboxylic acids is 1. The number of benzene rings is 3. The van der Waals surface area contributed by atoms with Gasteiger partial charge in [0.1, 0.15) is 23.4 Å². The second kappa shape index (κ2) is 13.4. The van der Waals surface area contributed by atoms with E-state index in [1.54, 1.807) is 6.92 Å². The summed E-state index contributed by atoms with van der Waals surface area (Å²) in [6.07, 6.45) is 0.424. The minimum atomic E-state index is -0.946. The molecule has 180 valence electrons. The maximum atomic E-state index is 11.2. The van der Waals surface area contributed by atoms with Gasteiger partial charge >= 0.3 is 5.97 Å². The fraction of sp³-hybridized carbons (Fsp3) is 0.321. The first kappa shape index (κ1) is 25.3. The second-order valence-electron chi connectivity index (χ2n) is 8.07. The highest BCUT2D eigenvalue weighted by Crippen LogP contribution is 2.21. The molecule has 6 nitrogen and oxygen atoms in total. The number of hydrogen-bond acceptors (Lipinski definition) is 5. The largest absolute Gasteiger partial charge is 0.489 e. The summed E-state index contributed by atoms with van der Waals surface area (Å²) in [6.45, 7) is 5.75. The third-order valence-electron chi connectivity index (χ3n) is 5.25. The van der Waals surface area contributed by atoms with Crippen LogP contribution in [0.1, 0.15) is 25.0 Å². The van der Waals surface area contributed by atoms with Crippen LogP contribution >= 0.6 is 0 Å². The Kier molecular flexibility index (Phi) is 9.95. The molecule has 0 amide bonds. The number of para-hydroxylation sites is 1. The zero-order valence-corrected chi connectivity index (χ0v) is 19.8. The van der Waals surface area contributed by atoms with Gasteiger partial charge in [-0.25, -0.2) is 4.79 Å². The van der Waals surface area contributed by atoms with Crippen molar-refractivity contribution in [1.29, 1.82) is 0 Å². The van der Waals surface area contributed by atoms with Gasteiger partial charge in [-0.15, -0.1) is 0 Å². The smallest absolute Gasteiger partial charge is 0.333 e. The molecule has 2 atom stereocenters. The van der Waals surface area contributed by atoms with Crippen LogP contribution in [0.4, 0.5) is 0 Å². The fourth-order valence-electron chi connectivity index (χ4n) is 3.50. The number of carboxylic acid groups (broad SMARTS) is 1. The molecule has 0 aliphatic carbocycles. The van der Waals surface area contributed by atoms with Crippen LogP contribution in [0.15, 0.2) is 78.9 Å². The standard InChI is InChI=1S/C28H33NO5/c1-3-32-27(28(30)31)19-23-11-15-25(16-12-23)33-21(2)20-29-18-17-22-9-13-26(14-10-22)34-24-7-5-4-6-8-24/h4-16,21,27,29H,3,17-20H2,1-2H3,(H,30,31). The SMILES string of the molecule is CCOC(Cc1ccc(OC(C)CNCCc2ccc(Oc3ccccc3)cc2)cc1)C(=O)O. The van der Waals surface area contributed by atoms with E-state index in [0.717, 1.165) is 42.3 Å². The molecule has 0 saturated heterocycles. The summed E-state index contributed by atoms with van der Waals surface area (Å²) in [7, 11) is 0. The highest BCUT2D eigenvalue weighted by Gasteiger charge is 2.17. The van der Waals surface area contributed by atoms with Gasteiger partial charge in [-0.05, 0) is 74.3 Å². The molecular formula is C28H33NO5. The Morgan fingerprint density at radius 1 is 0.882 bits per heavy atom. The van der Waals surface area contributed by atoms with Crippen molar-refractivity contribution in [1.82, 2.24) is 5.32 Å². The van der Waals surface area contributed by atoms with Crippen molar-refractivity contribution in [2.75, 3.05) is 19.7 Å². The molecule has 0 aliphatic heterocycles. The first-order valence-electron chi connectivity index (χ1n) is 11.7. The molecular weight excluding hydrogens is 430 g/mol. The lowest BCUT2D eigenvalue weighted by molar-refractivity contribution is -0.149. The van der Waals surface area contributed by atoms with Gasteiger partial charge in [0, 0.05) is 19.6 Å². The summed E-state index contributed by atoms with van der Waals surface area (Å²) in [4.78, 5) is 11.2. The highest BCUT2D eigenvalue weighted by molar-refractivity contribution is 5.72. The van der Waals surface area contributed by atoms with Gasteiger partial charge in [0.2, 0.25) is 0 Å². The van der Waals surface area contributed by atoms with Crippen molar-refractivity contribution >= 4 is 5.97 Å². The van der Waals surface area contributed by atoms with Crippen molar-refractivity contribution in [3.63, 3.8) is 0 Å². The van der Waals surface area contributed by atoms with Crippen molar-refractivity contribution in [3.05, 3.63) is 90.0 Å². The molecule has 0 saturated carbocycles. The van der Waals surface area contributed by atoms with Crippen LogP contribution in [0, 0.1) is 0 Å². The van der Waals surface area contributed by atoms with Crippen molar-refractivity contribution in [3.8, 4) is 17.2 Å². The molecule has 0 radical (unpaired) electrons. The van der Waals surface area contributed by atoms with E-state index in [1.165, 1.54) is 5.56 Å². The van der Waals surface area contributed by atoms with E-state index < -0.39 is 12.1 Å². The third kappa shape index (κ3) is 8.54. The van der Waals surface area contributed by atoms with Crippen LogP contribution in [0.3, 0.4) is 0 Å². The molecule has 0 fully saturated rings. The Hall–Kier alpha value is -3.35. The van der Waals surface area contributed by atoms with Gasteiger partial charge in [0.05, 0.1) is 0 Å². The molecule has 0 aromatic heterocycles. The Labute approximate surface area is 201 Å². The molecule has 2 N–H and O–H groups in total. The summed E-state index contributed by atoms with van der Waals surface area (Å²) in [5, 5.41) is 12.7. The lowest BCUT2D eigenvalue weighted by Crippen LogP contribution is -2.30. The van der Waals surface area contributed by atoms with Crippen LogP contribution in [0.2, 0.25) is 0 Å². The molecule has 0 aliphatic rings. The fourth-order valence-corrected chi connectivity index (χ4v) is 3.50. The number of nitrogens with one attached hydrogen (secondary N) is 1. The predicted octanol–water partition coefficient (Wildman–Crippen LogP) is 5.11. The van der Waals surface area contributed by atoms with Gasteiger partial charge in [0.25, 0.3) is 0 Å². The van der Waals surface area contributed by atoms with Crippen LogP contribution < -0.4 is 14.8 Å². The topological polar surface area (TPSA) is 77.0 Å². The van der Waals surface area contributed by atoms with Crippen LogP contribution in [-0.4, -0.2) is 43.0 Å². The maximum absolute atomic E-state index is 11.2. The minimum Gasteiger partial charge on any atom is -0.489 e. The summed E-state index contributed by atoms with van der Waals surface area (Å²) >= 11 is 0. The first-order valence-corrected chi connectivity index (χ1v) is 11.7. The summed E-state index contributed by atoms with van der Waals surface area (Å²) in [5.41, 5.74) is 2.14. The van der Waals surface area contributed by atoms with Crippen LogP contribution in [-0.2, 0) is 22.4 Å². The van der Waals surface area contributed by atoms with Crippen molar-refractivity contribution in [2.24, 2.45) is 0 Å². The van der Waals surface area contributed by atoms with Gasteiger partial charge in [-0.3, -0.25) is 0 Å². The minimum absolute atomic E-state index is 0.00249. The molecule has 34 heavy (non-hydrogen) atoms. The lowest BCUT2D eigenvalue weighted by Gasteiger charge is -2.16. The normalized spacial score (nSPS) is 12.6. The molecule has 3 aromatic carbocycles. The second-order valence-corrected chi connectivity index (χ2v) is 8.07. The molecule has 0 heterocycles. The highest BCUT2D eigenvalue weighted by atomic mass is 16.5. The van der Waals surface area contributed by atoms with Gasteiger partial charge < -0.3 is 24.6 Å². The van der Waals surface area contributed by atoms with E-state index in [1.807, 2.05) is 73.7 Å². The lowest BCUT2D eigenvalue weighted by atomic mass is 10.1. The van der Waals surface area contributed by atoms with E-state index in [4.69, 9.17) is 14.2 Å². The van der Waals surface area contributed by atoms with E-state index in [2.05, 4.69) is 17.4 Å². The van der Waals surface area contributed by atoms with E-state index >= 15 is 0 Å². The van der Waals surface area contributed by atoms with E-state index in [0.29, 0.717) is 13.0 Å². The Bertz CT molecular complexity index is 990. The number of carbonyl (C=O) groups is 1. The average Bonchev–Trinajstić information content (AvgIpc) is 2.84. The van der Waals surface area contributed by atoms with Gasteiger partial charge in [-0.2, -0.15) is 0 Å². The predicted molar refractivity (Wildman–Crippen MR) is 133 cm³/mol. The third-order valence-corrected chi connectivity index (χ3v) is 5.25. The average molecular weight is 464 g/mol. The number of ether oxygens (including phenoxy) is 3. The van der Waals surface area contributed by atoms with Crippen molar-refractivity contribution in [2.45, 2.75) is 38.9 Å². The first-order chi connectivity index (χ1) is 16.5. The Morgan fingerprint density at radius 2 is 1.50 bits per heavy atom. The Balaban J connectivity index is 1.36. The number of carboxylic acids is 1. The molecule has 0 bridgehead atoms. The zero-order valence-electron chi connectivity index (χ0n) is 19.8. The Morgan fingerprint density at radius 3 is 2.15 bits per heavy atom. The van der Waals surface area contributed by atoms with Gasteiger partial charge in [0.15, 0.2) is 6.10 Å². The van der Waals surface area contributed by atoms with E-state index in [-0.39, 0.29) is 6.10 Å². The monoisotopic (exact) mass is 463 g/mol. The zero-order chi connectivity index (χ0) is 24.2. The quantitative estimate of drug-likeness (QED) is 0.324. The summed E-state index contributed by atoms with van der Waals surface area (Å²) in [5.74, 6) is 1.47. The number of rotatable bonds is 14. The van der Waals surface area contributed by atoms with Crippen LogP contribution in [0.25, 0.3) is 0 Å². The van der Waals surface area contributed by atoms with E-state index in [9.17, 15) is 9.90 Å². The number of hydrogen-bond donors (Lipinski definition) is 2. The summed E-state index contributed by atoms with van der Waals surface area (Å²) in [6, 6.07) is 25.4. The molecule has 3 aromatic rings. The molecule has 3 rings (SSSR count). The molecule has 0 spiro atoms. The molecule has 2 unspecified atom stereocenters. The molecule has 6 heteroatoms. The summed E-state index contributed by atoms with van der Waals surface area (Å²) < 4.78 is 17.1. The van der Waals surface area contributed by atoms with Crippen LogP contribution in [0.5, 0.6) is 17.2 Å². The maximum Gasteiger partial charge on any atom is 0.333 e.